The van der Waals surface area contributed by atoms with Crippen molar-refractivity contribution in [3.63, 3.8) is 0 Å². The molecule has 0 unspecified atom stereocenters. The maximum Gasteiger partial charge on any atom is 0.132 e. The van der Waals surface area contributed by atoms with Crippen LogP contribution in [0.15, 0.2) is 12.1 Å². The molecule has 1 fully saturated rings. The number of benzene rings is 1. The normalized spacial score (nSPS) is 16.5. The molecule has 0 amide bonds. The molecule has 1 aliphatic carbocycles. The first-order valence-corrected chi connectivity index (χ1v) is 7.01. The summed E-state index contributed by atoms with van der Waals surface area (Å²) in [4.78, 5) is 11.2. The summed E-state index contributed by atoms with van der Waals surface area (Å²) in [7, 11) is 1.70. The average molecular weight is 261 g/mol. The van der Waals surface area contributed by atoms with Gasteiger partial charge in [-0.3, -0.25) is 4.79 Å². The Hall–Kier alpha value is -1.51. The van der Waals surface area contributed by atoms with Gasteiger partial charge in [0.1, 0.15) is 11.5 Å². The zero-order valence-corrected chi connectivity index (χ0v) is 12.1. The third-order valence-electron chi connectivity index (χ3n) is 4.20. The highest BCUT2D eigenvalue weighted by atomic mass is 16.5. The van der Waals surface area contributed by atoms with Gasteiger partial charge in [0, 0.05) is 25.1 Å². The summed E-state index contributed by atoms with van der Waals surface area (Å²) in [5.74, 6) is 1.98. The lowest BCUT2D eigenvalue weighted by atomic mass is 9.88. The van der Waals surface area contributed by atoms with Gasteiger partial charge in [-0.15, -0.1) is 0 Å². The third-order valence-corrected chi connectivity index (χ3v) is 4.20. The zero-order chi connectivity index (χ0) is 13.8. The predicted molar refractivity (Wildman–Crippen MR) is 77.9 cm³/mol. The van der Waals surface area contributed by atoms with Gasteiger partial charge in [-0.25, -0.2) is 0 Å². The second kappa shape index (κ2) is 6.09. The van der Waals surface area contributed by atoms with Gasteiger partial charge in [-0.05, 0) is 55.9 Å². The first kappa shape index (κ1) is 13.9. The Morgan fingerprint density at radius 3 is 2.53 bits per heavy atom. The highest BCUT2D eigenvalue weighted by Crippen LogP contribution is 2.28. The van der Waals surface area contributed by atoms with Crippen LogP contribution in [0, 0.1) is 19.8 Å². The van der Waals surface area contributed by atoms with Crippen LogP contribution < -0.4 is 10.1 Å². The number of ether oxygens (including phenoxy) is 1. The number of carbonyl (C=O) groups is 1. The number of rotatable bonds is 4. The Bertz CT molecular complexity index is 458. The van der Waals surface area contributed by atoms with Crippen molar-refractivity contribution in [2.45, 2.75) is 39.5 Å². The van der Waals surface area contributed by atoms with E-state index in [0.717, 1.165) is 38.0 Å². The number of anilines is 1. The van der Waals surface area contributed by atoms with Crippen LogP contribution in [0.3, 0.4) is 0 Å². The van der Waals surface area contributed by atoms with Crippen LogP contribution in [0.4, 0.5) is 5.69 Å². The largest absolute Gasteiger partial charge is 0.496 e. The van der Waals surface area contributed by atoms with Crippen LogP contribution in [0.25, 0.3) is 0 Å². The van der Waals surface area contributed by atoms with E-state index in [1.54, 1.807) is 7.11 Å². The SMILES string of the molecule is COc1ccc(NCC2CCC(=O)CC2)c(C)c1C. The first-order valence-electron chi connectivity index (χ1n) is 7.01. The summed E-state index contributed by atoms with van der Waals surface area (Å²) in [6, 6.07) is 4.09. The predicted octanol–water partition coefficient (Wildman–Crippen LogP) is 3.48. The summed E-state index contributed by atoms with van der Waals surface area (Å²) in [6.07, 6.45) is 3.57. The molecule has 3 heteroatoms. The molecule has 0 aliphatic heterocycles. The number of ketones is 1. The number of nitrogens with one attached hydrogen (secondary N) is 1. The minimum atomic E-state index is 0.424. The highest BCUT2D eigenvalue weighted by molar-refractivity contribution is 5.79. The number of hydrogen-bond donors (Lipinski definition) is 1. The van der Waals surface area contributed by atoms with Crippen molar-refractivity contribution >= 4 is 11.5 Å². The second-order valence-corrected chi connectivity index (χ2v) is 5.43. The third kappa shape index (κ3) is 3.28. The van der Waals surface area contributed by atoms with Crippen molar-refractivity contribution in [2.75, 3.05) is 19.0 Å². The summed E-state index contributed by atoms with van der Waals surface area (Å²) in [6.45, 7) is 5.16. The molecule has 0 atom stereocenters. The molecule has 1 saturated carbocycles. The zero-order valence-electron chi connectivity index (χ0n) is 12.1. The van der Waals surface area contributed by atoms with Gasteiger partial charge in [0.05, 0.1) is 7.11 Å². The van der Waals surface area contributed by atoms with Crippen LogP contribution in [0.2, 0.25) is 0 Å². The van der Waals surface area contributed by atoms with Crippen molar-refractivity contribution in [3.05, 3.63) is 23.3 Å². The molecule has 0 heterocycles. The fraction of sp³-hybridized carbons (Fsp3) is 0.562. The molecule has 1 aliphatic rings. The molecule has 1 aromatic rings. The Kier molecular flexibility index (Phi) is 4.46. The van der Waals surface area contributed by atoms with Gasteiger partial charge < -0.3 is 10.1 Å². The smallest absolute Gasteiger partial charge is 0.132 e. The van der Waals surface area contributed by atoms with Crippen molar-refractivity contribution in [2.24, 2.45) is 5.92 Å². The van der Waals surface area contributed by atoms with Crippen LogP contribution >= 0.6 is 0 Å². The van der Waals surface area contributed by atoms with Crippen LogP contribution in [-0.2, 0) is 4.79 Å². The highest BCUT2D eigenvalue weighted by Gasteiger charge is 2.18. The maximum absolute atomic E-state index is 11.2. The standard InChI is InChI=1S/C16H23NO2/c1-11-12(2)16(19-3)9-8-15(11)17-10-13-4-6-14(18)7-5-13/h8-9,13,17H,4-7,10H2,1-3H3. The van der Waals surface area contributed by atoms with Gasteiger partial charge in [0.15, 0.2) is 0 Å². The summed E-state index contributed by atoms with van der Waals surface area (Å²) < 4.78 is 5.32. The average Bonchev–Trinajstić information content (AvgIpc) is 2.42. The first-order chi connectivity index (χ1) is 9.11. The Morgan fingerprint density at radius 1 is 1.21 bits per heavy atom. The van der Waals surface area contributed by atoms with E-state index in [9.17, 15) is 4.79 Å². The maximum atomic E-state index is 11.2. The molecule has 1 aromatic carbocycles. The molecule has 0 bridgehead atoms. The van der Waals surface area contributed by atoms with Crippen LogP contribution in [-0.4, -0.2) is 19.4 Å². The number of Topliss-reactive ketones (excluding diaryl/α,β-unsaturated/α-hetero) is 1. The second-order valence-electron chi connectivity index (χ2n) is 5.43. The Balaban J connectivity index is 1.96. The minimum Gasteiger partial charge on any atom is -0.496 e. The van der Waals surface area contributed by atoms with E-state index in [-0.39, 0.29) is 0 Å². The topological polar surface area (TPSA) is 38.3 Å². The van der Waals surface area contributed by atoms with E-state index in [4.69, 9.17) is 4.74 Å². The summed E-state index contributed by atoms with van der Waals surface area (Å²) in [5, 5.41) is 3.52. The number of carbonyl (C=O) groups excluding carboxylic acids is 1. The van der Waals surface area contributed by atoms with Gasteiger partial charge in [-0.2, -0.15) is 0 Å². The van der Waals surface area contributed by atoms with Gasteiger partial charge in [0.25, 0.3) is 0 Å². The Labute approximate surface area is 115 Å². The van der Waals surface area contributed by atoms with Crippen molar-refractivity contribution < 1.29 is 9.53 Å². The van der Waals surface area contributed by atoms with Crippen molar-refractivity contribution in [1.82, 2.24) is 0 Å². The van der Waals surface area contributed by atoms with Crippen molar-refractivity contribution in [3.8, 4) is 5.75 Å². The van der Waals surface area contributed by atoms with Gasteiger partial charge in [0.2, 0.25) is 0 Å². The summed E-state index contributed by atoms with van der Waals surface area (Å²) in [5.41, 5.74) is 3.60. The molecule has 0 spiro atoms. The Morgan fingerprint density at radius 2 is 1.89 bits per heavy atom. The van der Waals surface area contributed by atoms with E-state index < -0.39 is 0 Å². The van der Waals surface area contributed by atoms with Gasteiger partial charge >= 0.3 is 0 Å². The molecule has 104 valence electrons. The molecule has 1 N–H and O–H groups in total. The van der Waals surface area contributed by atoms with E-state index >= 15 is 0 Å². The van der Waals surface area contributed by atoms with E-state index in [0.29, 0.717) is 11.7 Å². The van der Waals surface area contributed by atoms with Gasteiger partial charge in [-0.1, -0.05) is 0 Å². The van der Waals surface area contributed by atoms with E-state index in [1.165, 1.54) is 16.8 Å². The minimum absolute atomic E-state index is 0.424. The lowest BCUT2D eigenvalue weighted by Gasteiger charge is -2.22. The molecular weight excluding hydrogens is 238 g/mol. The van der Waals surface area contributed by atoms with E-state index in [2.05, 4.69) is 25.2 Å². The molecule has 0 aromatic heterocycles. The fourth-order valence-corrected chi connectivity index (χ4v) is 2.67. The monoisotopic (exact) mass is 261 g/mol. The van der Waals surface area contributed by atoms with Crippen LogP contribution in [0.1, 0.15) is 36.8 Å². The number of methoxy groups -OCH3 is 1. The lowest BCUT2D eigenvalue weighted by Crippen LogP contribution is -2.21. The molecule has 2 rings (SSSR count). The van der Waals surface area contributed by atoms with Crippen molar-refractivity contribution in [1.29, 1.82) is 0 Å². The lowest BCUT2D eigenvalue weighted by molar-refractivity contribution is -0.120. The molecule has 3 nitrogen and oxygen atoms in total. The quantitative estimate of drug-likeness (QED) is 0.901. The molecular formula is C16H23NO2. The number of hydrogen-bond acceptors (Lipinski definition) is 3. The summed E-state index contributed by atoms with van der Waals surface area (Å²) >= 11 is 0. The molecule has 0 radical (unpaired) electrons. The van der Waals surface area contributed by atoms with Crippen LogP contribution in [0.5, 0.6) is 5.75 Å². The van der Waals surface area contributed by atoms with E-state index in [1.807, 2.05) is 6.07 Å². The molecule has 19 heavy (non-hydrogen) atoms. The molecule has 0 saturated heterocycles. The fourth-order valence-electron chi connectivity index (χ4n) is 2.67.